The van der Waals surface area contributed by atoms with Crippen molar-refractivity contribution in [3.63, 3.8) is 0 Å². The van der Waals surface area contributed by atoms with E-state index in [0.717, 1.165) is 19.4 Å². The molecule has 82 valence electrons. The highest BCUT2D eigenvalue weighted by molar-refractivity contribution is 5.84. The summed E-state index contributed by atoms with van der Waals surface area (Å²) in [5.74, 6) is 1.28. The van der Waals surface area contributed by atoms with E-state index in [1.807, 2.05) is 0 Å². The third-order valence-electron chi connectivity index (χ3n) is 3.10. The number of oxime groups is 1. The van der Waals surface area contributed by atoms with Crippen molar-refractivity contribution in [3.05, 3.63) is 0 Å². The Kier molecular flexibility index (Phi) is 4.99. The lowest BCUT2D eigenvalue weighted by molar-refractivity contribution is 0.0952. The molecule has 0 aromatic heterocycles. The van der Waals surface area contributed by atoms with Gasteiger partial charge in [0.2, 0.25) is 0 Å². The first kappa shape index (κ1) is 11.5. The Balaban J connectivity index is 2.18. The third-order valence-corrected chi connectivity index (χ3v) is 3.10. The van der Waals surface area contributed by atoms with Gasteiger partial charge in [0.05, 0.1) is 5.71 Å². The van der Waals surface area contributed by atoms with Gasteiger partial charge in [-0.1, -0.05) is 32.3 Å². The standard InChI is InChI=1S/C12H23NO/c1-10(2)11(3)9-14-13-12-7-5-4-6-8-12/h10-11H,4-9H2,1-3H3. The van der Waals surface area contributed by atoms with Gasteiger partial charge in [-0.15, -0.1) is 0 Å². The molecule has 1 aliphatic carbocycles. The minimum atomic E-state index is 0.600. The van der Waals surface area contributed by atoms with Crippen LogP contribution in [0, 0.1) is 11.8 Å². The number of hydrogen-bond donors (Lipinski definition) is 0. The average Bonchev–Trinajstić information content (AvgIpc) is 2.19. The highest BCUT2D eigenvalue weighted by Crippen LogP contribution is 2.15. The van der Waals surface area contributed by atoms with Crippen LogP contribution in [-0.4, -0.2) is 12.3 Å². The molecule has 0 spiro atoms. The van der Waals surface area contributed by atoms with Crippen LogP contribution in [0.4, 0.5) is 0 Å². The smallest absolute Gasteiger partial charge is 0.119 e. The number of rotatable bonds is 4. The topological polar surface area (TPSA) is 21.6 Å². The zero-order valence-corrected chi connectivity index (χ0v) is 9.75. The maximum atomic E-state index is 5.38. The summed E-state index contributed by atoms with van der Waals surface area (Å²) in [7, 11) is 0. The molecule has 0 N–H and O–H groups in total. The fourth-order valence-electron chi connectivity index (χ4n) is 1.49. The van der Waals surface area contributed by atoms with Gasteiger partial charge < -0.3 is 4.84 Å². The van der Waals surface area contributed by atoms with Crippen LogP contribution < -0.4 is 0 Å². The molecule has 1 rings (SSSR count). The minimum Gasteiger partial charge on any atom is -0.396 e. The van der Waals surface area contributed by atoms with Gasteiger partial charge in [0.1, 0.15) is 6.61 Å². The fraction of sp³-hybridized carbons (Fsp3) is 0.917. The molecule has 0 aliphatic heterocycles. The van der Waals surface area contributed by atoms with Crippen LogP contribution in [0.3, 0.4) is 0 Å². The lowest BCUT2D eigenvalue weighted by Gasteiger charge is -2.15. The second-order valence-corrected chi connectivity index (χ2v) is 4.74. The highest BCUT2D eigenvalue weighted by Gasteiger charge is 2.09. The van der Waals surface area contributed by atoms with E-state index in [1.54, 1.807) is 0 Å². The van der Waals surface area contributed by atoms with Gasteiger partial charge in [0.25, 0.3) is 0 Å². The molecule has 1 aliphatic rings. The highest BCUT2D eigenvalue weighted by atomic mass is 16.6. The summed E-state index contributed by atoms with van der Waals surface area (Å²) in [6.45, 7) is 7.43. The van der Waals surface area contributed by atoms with Crippen LogP contribution >= 0.6 is 0 Å². The third kappa shape index (κ3) is 4.12. The summed E-state index contributed by atoms with van der Waals surface area (Å²) in [6.07, 6.45) is 6.25. The second kappa shape index (κ2) is 6.05. The first-order chi connectivity index (χ1) is 6.70. The molecule has 14 heavy (non-hydrogen) atoms. The lowest BCUT2D eigenvalue weighted by Crippen LogP contribution is -2.12. The molecule has 0 radical (unpaired) electrons. The van der Waals surface area contributed by atoms with Crippen molar-refractivity contribution < 1.29 is 4.84 Å². The first-order valence-electron chi connectivity index (χ1n) is 5.88. The van der Waals surface area contributed by atoms with Gasteiger partial charge in [-0.25, -0.2) is 0 Å². The van der Waals surface area contributed by atoms with E-state index in [0.29, 0.717) is 11.8 Å². The van der Waals surface area contributed by atoms with Crippen LogP contribution in [0.25, 0.3) is 0 Å². The van der Waals surface area contributed by atoms with Gasteiger partial charge in [-0.05, 0) is 37.5 Å². The molecule has 0 amide bonds. The van der Waals surface area contributed by atoms with E-state index in [-0.39, 0.29) is 0 Å². The van der Waals surface area contributed by atoms with Gasteiger partial charge in [-0.3, -0.25) is 0 Å². The Morgan fingerprint density at radius 1 is 1.14 bits per heavy atom. The molecule has 0 bridgehead atoms. The molecule has 0 heterocycles. The number of hydrogen-bond acceptors (Lipinski definition) is 2. The molecular weight excluding hydrogens is 174 g/mol. The summed E-state index contributed by atoms with van der Waals surface area (Å²) < 4.78 is 0. The van der Waals surface area contributed by atoms with Crippen LogP contribution in [0.15, 0.2) is 5.16 Å². The van der Waals surface area contributed by atoms with Crippen molar-refractivity contribution >= 4 is 5.71 Å². The van der Waals surface area contributed by atoms with E-state index >= 15 is 0 Å². The largest absolute Gasteiger partial charge is 0.396 e. The predicted molar refractivity (Wildman–Crippen MR) is 60.5 cm³/mol. The average molecular weight is 197 g/mol. The van der Waals surface area contributed by atoms with E-state index in [2.05, 4.69) is 25.9 Å². The van der Waals surface area contributed by atoms with E-state index < -0.39 is 0 Å². The Bertz CT molecular complexity index is 179. The zero-order chi connectivity index (χ0) is 10.4. The Hall–Kier alpha value is -0.530. The summed E-state index contributed by atoms with van der Waals surface area (Å²) in [6, 6.07) is 0. The molecule has 2 heteroatoms. The molecule has 1 unspecified atom stereocenters. The van der Waals surface area contributed by atoms with Crippen molar-refractivity contribution in [2.24, 2.45) is 17.0 Å². The lowest BCUT2D eigenvalue weighted by atomic mass is 9.99. The Morgan fingerprint density at radius 2 is 1.79 bits per heavy atom. The van der Waals surface area contributed by atoms with E-state index in [9.17, 15) is 0 Å². The van der Waals surface area contributed by atoms with Crippen LogP contribution in [0.5, 0.6) is 0 Å². The van der Waals surface area contributed by atoms with Crippen molar-refractivity contribution in [2.45, 2.75) is 52.9 Å². The summed E-state index contributed by atoms with van der Waals surface area (Å²) in [4.78, 5) is 5.38. The van der Waals surface area contributed by atoms with E-state index in [4.69, 9.17) is 4.84 Å². The molecule has 1 saturated carbocycles. The summed E-state index contributed by atoms with van der Waals surface area (Å²) >= 11 is 0. The van der Waals surface area contributed by atoms with Crippen molar-refractivity contribution in [3.8, 4) is 0 Å². The Labute approximate surface area is 87.7 Å². The second-order valence-electron chi connectivity index (χ2n) is 4.74. The summed E-state index contributed by atoms with van der Waals surface area (Å²) in [5, 5.41) is 4.22. The molecular formula is C12H23NO. The first-order valence-corrected chi connectivity index (χ1v) is 5.88. The number of nitrogens with zero attached hydrogens (tertiary/aromatic N) is 1. The minimum absolute atomic E-state index is 0.600. The van der Waals surface area contributed by atoms with Crippen LogP contribution in [-0.2, 0) is 4.84 Å². The molecule has 0 aromatic rings. The SMILES string of the molecule is CC(C)C(C)CON=C1CCCCC1. The normalized spacial score (nSPS) is 19.6. The van der Waals surface area contributed by atoms with Gasteiger partial charge in [0.15, 0.2) is 0 Å². The van der Waals surface area contributed by atoms with Crippen molar-refractivity contribution in [2.75, 3.05) is 6.61 Å². The van der Waals surface area contributed by atoms with Gasteiger partial charge >= 0.3 is 0 Å². The monoisotopic (exact) mass is 197 g/mol. The van der Waals surface area contributed by atoms with Gasteiger partial charge in [-0.2, -0.15) is 0 Å². The molecule has 1 atom stereocenters. The van der Waals surface area contributed by atoms with Crippen molar-refractivity contribution in [1.82, 2.24) is 0 Å². The fourth-order valence-corrected chi connectivity index (χ4v) is 1.49. The zero-order valence-electron chi connectivity index (χ0n) is 9.75. The van der Waals surface area contributed by atoms with Crippen molar-refractivity contribution in [1.29, 1.82) is 0 Å². The maximum absolute atomic E-state index is 5.38. The predicted octanol–water partition coefficient (Wildman–Crippen LogP) is 3.62. The van der Waals surface area contributed by atoms with Crippen LogP contribution in [0.1, 0.15) is 52.9 Å². The molecule has 0 saturated heterocycles. The molecule has 2 nitrogen and oxygen atoms in total. The summed E-state index contributed by atoms with van der Waals surface area (Å²) in [5.41, 5.74) is 1.27. The van der Waals surface area contributed by atoms with E-state index in [1.165, 1.54) is 25.0 Å². The molecule has 1 fully saturated rings. The maximum Gasteiger partial charge on any atom is 0.119 e. The molecule has 0 aromatic carbocycles. The van der Waals surface area contributed by atoms with Crippen LogP contribution in [0.2, 0.25) is 0 Å². The Morgan fingerprint density at radius 3 is 2.36 bits per heavy atom. The van der Waals surface area contributed by atoms with Gasteiger partial charge in [0, 0.05) is 0 Å². The quantitative estimate of drug-likeness (QED) is 0.631.